The van der Waals surface area contributed by atoms with Gasteiger partial charge in [-0.1, -0.05) is 55.7 Å². The van der Waals surface area contributed by atoms with Crippen molar-refractivity contribution in [1.82, 2.24) is 0 Å². The molecule has 0 radical (unpaired) electrons. The third-order valence-corrected chi connectivity index (χ3v) is 4.64. The van der Waals surface area contributed by atoms with Crippen molar-refractivity contribution in [2.24, 2.45) is 0 Å². The average Bonchev–Trinajstić information content (AvgIpc) is 2.63. The lowest BCUT2D eigenvalue weighted by atomic mass is 9.84. The molecule has 0 unspecified atom stereocenters. The van der Waals surface area contributed by atoms with E-state index in [2.05, 4.69) is 0 Å². The number of hydrogen-bond acceptors (Lipinski definition) is 1. The molecular weight excluding hydrogens is 306 g/mol. The van der Waals surface area contributed by atoms with Gasteiger partial charge in [0.15, 0.2) is 17.4 Å². The molecule has 124 valence electrons. The molecule has 3 rings (SSSR count). The van der Waals surface area contributed by atoms with Crippen LogP contribution in [0.25, 0.3) is 6.08 Å². The predicted octanol–water partition coefficient (Wildman–Crippen LogP) is 5.91. The Kier molecular flexibility index (Phi) is 5.19. The number of benzene rings is 2. The Labute approximate surface area is 141 Å². The zero-order chi connectivity index (χ0) is 16.9. The van der Waals surface area contributed by atoms with Crippen LogP contribution in [0.3, 0.4) is 0 Å². The first-order valence-electron chi connectivity index (χ1n) is 8.41. The van der Waals surface area contributed by atoms with Gasteiger partial charge in [-0.25, -0.2) is 8.78 Å². The van der Waals surface area contributed by atoms with Crippen LogP contribution in [0.4, 0.5) is 8.78 Å². The number of ketones is 1. The summed E-state index contributed by atoms with van der Waals surface area (Å²) in [6.45, 7) is 0. The summed E-state index contributed by atoms with van der Waals surface area (Å²) in [5.74, 6) is -1.34. The quantitative estimate of drug-likeness (QED) is 0.504. The molecular formula is C21H20F2O. The van der Waals surface area contributed by atoms with Crippen LogP contribution in [0.5, 0.6) is 0 Å². The molecule has 2 aromatic carbocycles. The largest absolute Gasteiger partial charge is 0.289 e. The van der Waals surface area contributed by atoms with Crippen LogP contribution in [-0.4, -0.2) is 5.78 Å². The van der Waals surface area contributed by atoms with Crippen LogP contribution >= 0.6 is 0 Å². The van der Waals surface area contributed by atoms with E-state index in [0.29, 0.717) is 17.0 Å². The lowest BCUT2D eigenvalue weighted by Crippen LogP contribution is -2.05. The third-order valence-electron chi connectivity index (χ3n) is 4.64. The molecule has 1 aliphatic rings. The summed E-state index contributed by atoms with van der Waals surface area (Å²) < 4.78 is 26.0. The summed E-state index contributed by atoms with van der Waals surface area (Å²) in [5, 5.41) is 0. The molecule has 0 atom stereocenters. The molecule has 1 saturated carbocycles. The van der Waals surface area contributed by atoms with E-state index >= 15 is 0 Å². The highest BCUT2D eigenvalue weighted by Gasteiger charge is 2.15. The fourth-order valence-electron chi connectivity index (χ4n) is 3.24. The van der Waals surface area contributed by atoms with E-state index in [9.17, 15) is 13.6 Å². The van der Waals surface area contributed by atoms with Gasteiger partial charge in [-0.2, -0.15) is 0 Å². The predicted molar refractivity (Wildman–Crippen MR) is 92.0 cm³/mol. The summed E-state index contributed by atoms with van der Waals surface area (Å²) in [4.78, 5) is 12.2. The van der Waals surface area contributed by atoms with Gasteiger partial charge in [0.25, 0.3) is 0 Å². The minimum Gasteiger partial charge on any atom is -0.289 e. The molecule has 24 heavy (non-hydrogen) atoms. The Morgan fingerprint density at radius 3 is 2.29 bits per heavy atom. The van der Waals surface area contributed by atoms with Crippen LogP contribution in [0.1, 0.15) is 59.5 Å². The van der Waals surface area contributed by atoms with Crippen LogP contribution in [0.2, 0.25) is 0 Å². The van der Waals surface area contributed by atoms with Gasteiger partial charge in [0.1, 0.15) is 0 Å². The highest BCUT2D eigenvalue weighted by atomic mass is 19.2. The van der Waals surface area contributed by atoms with Crippen LogP contribution in [0, 0.1) is 11.6 Å². The van der Waals surface area contributed by atoms with Crippen molar-refractivity contribution in [3.05, 3.63) is 76.9 Å². The molecule has 2 aromatic rings. The summed E-state index contributed by atoms with van der Waals surface area (Å²) in [5.41, 5.74) is 2.37. The summed E-state index contributed by atoms with van der Waals surface area (Å²) >= 11 is 0. The zero-order valence-corrected chi connectivity index (χ0v) is 13.5. The van der Waals surface area contributed by atoms with Gasteiger partial charge in [-0.05, 0) is 48.1 Å². The Hall–Kier alpha value is -2.29. The number of halogens is 2. The molecule has 1 aliphatic carbocycles. The Morgan fingerprint density at radius 2 is 1.62 bits per heavy atom. The molecule has 0 aliphatic heterocycles. The normalized spacial score (nSPS) is 15.8. The smallest absolute Gasteiger partial charge is 0.185 e. The van der Waals surface area contributed by atoms with Gasteiger partial charge in [0.05, 0.1) is 0 Å². The van der Waals surface area contributed by atoms with Crippen molar-refractivity contribution in [3.63, 3.8) is 0 Å². The molecule has 1 nitrogen and oxygen atoms in total. The molecule has 0 saturated heterocycles. The SMILES string of the molecule is O=C(C=Cc1ccc(F)c(F)c1)c1ccc(C2CCCCC2)cc1. The van der Waals surface area contributed by atoms with Gasteiger partial charge >= 0.3 is 0 Å². The second-order valence-corrected chi connectivity index (χ2v) is 6.33. The van der Waals surface area contributed by atoms with E-state index in [1.54, 1.807) is 0 Å². The van der Waals surface area contributed by atoms with E-state index in [0.717, 1.165) is 12.1 Å². The maximum atomic E-state index is 13.2. The highest BCUT2D eigenvalue weighted by molar-refractivity contribution is 6.06. The van der Waals surface area contributed by atoms with Gasteiger partial charge < -0.3 is 0 Å². The van der Waals surface area contributed by atoms with Crippen molar-refractivity contribution in [1.29, 1.82) is 0 Å². The first kappa shape index (κ1) is 16.6. The first-order valence-corrected chi connectivity index (χ1v) is 8.41. The fourth-order valence-corrected chi connectivity index (χ4v) is 3.24. The topological polar surface area (TPSA) is 17.1 Å². The fraction of sp³-hybridized carbons (Fsp3) is 0.286. The van der Waals surface area contributed by atoms with Crippen molar-refractivity contribution >= 4 is 11.9 Å². The monoisotopic (exact) mass is 326 g/mol. The molecule has 0 aromatic heterocycles. The molecule has 1 fully saturated rings. The molecule has 0 spiro atoms. The van der Waals surface area contributed by atoms with Gasteiger partial charge in [-0.3, -0.25) is 4.79 Å². The van der Waals surface area contributed by atoms with Crippen molar-refractivity contribution in [3.8, 4) is 0 Å². The number of carbonyl (C=O) groups is 1. The molecule has 0 amide bonds. The number of carbonyl (C=O) groups excluding carboxylic acids is 1. The maximum absolute atomic E-state index is 13.2. The van der Waals surface area contributed by atoms with E-state index in [-0.39, 0.29) is 5.78 Å². The second-order valence-electron chi connectivity index (χ2n) is 6.33. The van der Waals surface area contributed by atoms with Gasteiger partial charge in [0.2, 0.25) is 0 Å². The van der Waals surface area contributed by atoms with Crippen LogP contribution in [0.15, 0.2) is 48.5 Å². The maximum Gasteiger partial charge on any atom is 0.185 e. The average molecular weight is 326 g/mol. The van der Waals surface area contributed by atoms with E-state index in [4.69, 9.17) is 0 Å². The lowest BCUT2D eigenvalue weighted by molar-refractivity contribution is 0.104. The zero-order valence-electron chi connectivity index (χ0n) is 13.5. The second kappa shape index (κ2) is 7.52. The van der Waals surface area contributed by atoms with E-state index in [1.807, 2.05) is 24.3 Å². The lowest BCUT2D eigenvalue weighted by Gasteiger charge is -2.21. The highest BCUT2D eigenvalue weighted by Crippen LogP contribution is 2.32. The Balaban J connectivity index is 1.68. The van der Waals surface area contributed by atoms with Gasteiger partial charge in [-0.15, -0.1) is 0 Å². The van der Waals surface area contributed by atoms with E-state index in [1.165, 1.54) is 55.9 Å². The van der Waals surface area contributed by atoms with Crippen molar-refractivity contribution in [2.75, 3.05) is 0 Å². The number of rotatable bonds is 4. The van der Waals surface area contributed by atoms with Crippen LogP contribution < -0.4 is 0 Å². The summed E-state index contributed by atoms with van der Waals surface area (Å²) in [6, 6.07) is 11.3. The Morgan fingerprint density at radius 1 is 0.917 bits per heavy atom. The number of hydrogen-bond donors (Lipinski definition) is 0. The minimum absolute atomic E-state index is 0.144. The Bertz CT molecular complexity index is 741. The van der Waals surface area contributed by atoms with Crippen LogP contribution in [-0.2, 0) is 0 Å². The molecule has 0 N–H and O–H groups in total. The third kappa shape index (κ3) is 3.97. The standard InChI is InChI=1S/C21H20F2O/c22-19-12-6-15(14-20(19)23)7-13-21(24)18-10-8-17(9-11-18)16-4-2-1-3-5-16/h6-14,16H,1-5H2. The summed E-state index contributed by atoms with van der Waals surface area (Å²) in [6.07, 6.45) is 9.22. The van der Waals surface area contributed by atoms with E-state index < -0.39 is 11.6 Å². The molecule has 0 heterocycles. The first-order chi connectivity index (χ1) is 11.6. The summed E-state index contributed by atoms with van der Waals surface area (Å²) in [7, 11) is 0. The van der Waals surface area contributed by atoms with Gasteiger partial charge in [0, 0.05) is 5.56 Å². The van der Waals surface area contributed by atoms with Crippen molar-refractivity contribution < 1.29 is 13.6 Å². The molecule has 0 bridgehead atoms. The number of allylic oxidation sites excluding steroid dienone is 1. The van der Waals surface area contributed by atoms with Crippen molar-refractivity contribution in [2.45, 2.75) is 38.0 Å². The minimum atomic E-state index is -0.915. The molecule has 3 heteroatoms.